The zero-order chi connectivity index (χ0) is 15.4. The van der Waals surface area contributed by atoms with E-state index in [0.29, 0.717) is 25.4 Å². The molecule has 114 valence electrons. The molecule has 6 nitrogen and oxygen atoms in total. The lowest BCUT2D eigenvalue weighted by molar-refractivity contribution is -0.123. The number of hydrogen-bond acceptors (Lipinski definition) is 5. The first-order valence-electron chi connectivity index (χ1n) is 7.17. The molecule has 0 radical (unpaired) electrons. The van der Waals surface area contributed by atoms with E-state index in [0.717, 1.165) is 17.0 Å². The lowest BCUT2D eigenvalue weighted by Crippen LogP contribution is -2.37. The SMILES string of the molecule is Nc1ccnc(CNC(=O)C2NCCOc3ccccc32)c1. The van der Waals surface area contributed by atoms with Crippen LogP contribution in [0.2, 0.25) is 0 Å². The third-order valence-electron chi connectivity index (χ3n) is 3.48. The molecule has 0 aliphatic carbocycles. The van der Waals surface area contributed by atoms with Gasteiger partial charge in [0, 0.05) is 24.0 Å². The summed E-state index contributed by atoms with van der Waals surface area (Å²) in [5.41, 5.74) is 7.91. The Morgan fingerprint density at radius 3 is 3.14 bits per heavy atom. The Morgan fingerprint density at radius 1 is 1.41 bits per heavy atom. The summed E-state index contributed by atoms with van der Waals surface area (Å²) in [7, 11) is 0. The second kappa shape index (κ2) is 6.44. The minimum absolute atomic E-state index is 0.109. The number of fused-ring (bicyclic) bond motifs is 1. The first-order valence-corrected chi connectivity index (χ1v) is 7.17. The number of nitrogen functional groups attached to an aromatic ring is 1. The molecule has 1 aliphatic rings. The number of rotatable bonds is 3. The molecular formula is C16H18N4O2. The molecule has 1 aromatic carbocycles. The molecule has 1 aromatic heterocycles. The summed E-state index contributed by atoms with van der Waals surface area (Å²) < 4.78 is 5.64. The van der Waals surface area contributed by atoms with Crippen LogP contribution < -0.4 is 21.1 Å². The fourth-order valence-electron chi connectivity index (χ4n) is 2.43. The highest BCUT2D eigenvalue weighted by Crippen LogP contribution is 2.27. The lowest BCUT2D eigenvalue weighted by Gasteiger charge is -2.17. The molecule has 0 spiro atoms. The summed E-state index contributed by atoms with van der Waals surface area (Å²) >= 11 is 0. The minimum Gasteiger partial charge on any atom is -0.492 e. The van der Waals surface area contributed by atoms with Crippen LogP contribution in [0, 0.1) is 0 Å². The number of amides is 1. The van der Waals surface area contributed by atoms with Gasteiger partial charge in [-0.1, -0.05) is 18.2 Å². The summed E-state index contributed by atoms with van der Waals surface area (Å²) in [5, 5.41) is 6.09. The molecular weight excluding hydrogens is 280 g/mol. The summed E-state index contributed by atoms with van der Waals surface area (Å²) in [6.07, 6.45) is 1.63. The van der Waals surface area contributed by atoms with Crippen molar-refractivity contribution in [1.29, 1.82) is 0 Å². The van der Waals surface area contributed by atoms with E-state index in [-0.39, 0.29) is 5.91 Å². The van der Waals surface area contributed by atoms with Gasteiger partial charge in [0.1, 0.15) is 18.4 Å². The van der Waals surface area contributed by atoms with Crippen molar-refractivity contribution >= 4 is 11.6 Å². The van der Waals surface area contributed by atoms with Crippen LogP contribution in [0.3, 0.4) is 0 Å². The quantitative estimate of drug-likeness (QED) is 0.787. The van der Waals surface area contributed by atoms with E-state index < -0.39 is 6.04 Å². The number of anilines is 1. The van der Waals surface area contributed by atoms with Crippen LogP contribution in [0.25, 0.3) is 0 Å². The number of benzene rings is 1. The first kappa shape index (κ1) is 14.3. The number of hydrogen-bond donors (Lipinski definition) is 3. The normalized spacial score (nSPS) is 17.0. The second-order valence-corrected chi connectivity index (χ2v) is 5.07. The molecule has 0 bridgehead atoms. The first-order chi connectivity index (χ1) is 10.7. The highest BCUT2D eigenvalue weighted by Gasteiger charge is 2.25. The number of pyridine rings is 1. The summed E-state index contributed by atoms with van der Waals surface area (Å²) in [6.45, 7) is 1.49. The van der Waals surface area contributed by atoms with Crippen molar-refractivity contribution in [3.63, 3.8) is 0 Å². The van der Waals surface area contributed by atoms with Crippen LogP contribution >= 0.6 is 0 Å². The van der Waals surface area contributed by atoms with Crippen molar-refractivity contribution in [2.24, 2.45) is 0 Å². The van der Waals surface area contributed by atoms with E-state index in [1.165, 1.54) is 0 Å². The van der Waals surface area contributed by atoms with E-state index in [1.54, 1.807) is 18.3 Å². The Bertz CT molecular complexity index is 675. The molecule has 1 unspecified atom stereocenters. The number of nitrogens with zero attached hydrogens (tertiary/aromatic N) is 1. The summed E-state index contributed by atoms with van der Waals surface area (Å²) in [4.78, 5) is 16.7. The molecule has 3 rings (SSSR count). The van der Waals surface area contributed by atoms with E-state index in [9.17, 15) is 4.79 Å². The van der Waals surface area contributed by atoms with Crippen LogP contribution in [-0.4, -0.2) is 24.0 Å². The van der Waals surface area contributed by atoms with Crippen LogP contribution in [0.15, 0.2) is 42.6 Å². The van der Waals surface area contributed by atoms with Gasteiger partial charge < -0.3 is 15.8 Å². The number of carbonyl (C=O) groups is 1. The molecule has 0 saturated carbocycles. The standard InChI is InChI=1S/C16H18N4O2/c17-11-5-6-18-12(9-11)10-20-16(21)15-13-3-1-2-4-14(13)22-8-7-19-15/h1-6,9,15,19H,7-8,10H2,(H2,17,18)(H,20,21). The zero-order valence-electron chi connectivity index (χ0n) is 12.1. The Labute approximate surface area is 128 Å². The Balaban J connectivity index is 1.72. The molecule has 2 aromatic rings. The summed E-state index contributed by atoms with van der Waals surface area (Å²) in [6, 6.07) is 10.6. The predicted molar refractivity (Wildman–Crippen MR) is 83.2 cm³/mol. The van der Waals surface area contributed by atoms with Crippen LogP contribution in [-0.2, 0) is 11.3 Å². The van der Waals surface area contributed by atoms with Gasteiger partial charge in [-0.15, -0.1) is 0 Å². The molecule has 1 aliphatic heterocycles. The van der Waals surface area contributed by atoms with Crippen LogP contribution in [0.5, 0.6) is 5.75 Å². The molecule has 1 atom stereocenters. The topological polar surface area (TPSA) is 89.3 Å². The smallest absolute Gasteiger partial charge is 0.242 e. The van der Waals surface area contributed by atoms with Gasteiger partial charge in [-0.3, -0.25) is 15.1 Å². The predicted octanol–water partition coefficient (Wildman–Crippen LogP) is 1.00. The minimum atomic E-state index is -0.431. The monoisotopic (exact) mass is 298 g/mol. The van der Waals surface area contributed by atoms with Gasteiger partial charge in [0.15, 0.2) is 0 Å². The van der Waals surface area contributed by atoms with E-state index in [4.69, 9.17) is 10.5 Å². The van der Waals surface area contributed by atoms with Crippen molar-refractivity contribution in [1.82, 2.24) is 15.6 Å². The molecule has 4 N–H and O–H groups in total. The fourth-order valence-corrected chi connectivity index (χ4v) is 2.43. The van der Waals surface area contributed by atoms with Crippen molar-refractivity contribution < 1.29 is 9.53 Å². The molecule has 6 heteroatoms. The van der Waals surface area contributed by atoms with Gasteiger partial charge in [0.25, 0.3) is 0 Å². The van der Waals surface area contributed by atoms with Gasteiger partial charge in [0.05, 0.1) is 12.2 Å². The average Bonchev–Trinajstić information content (AvgIpc) is 2.75. The van der Waals surface area contributed by atoms with Gasteiger partial charge >= 0.3 is 0 Å². The van der Waals surface area contributed by atoms with Crippen LogP contribution in [0.4, 0.5) is 5.69 Å². The van der Waals surface area contributed by atoms with Gasteiger partial charge in [0.2, 0.25) is 5.91 Å². The Hall–Kier alpha value is -2.60. The maximum absolute atomic E-state index is 12.5. The maximum atomic E-state index is 12.5. The highest BCUT2D eigenvalue weighted by molar-refractivity contribution is 5.84. The Kier molecular flexibility index (Phi) is 4.20. The molecule has 22 heavy (non-hydrogen) atoms. The maximum Gasteiger partial charge on any atom is 0.242 e. The van der Waals surface area contributed by atoms with Crippen molar-refractivity contribution in [3.8, 4) is 5.75 Å². The molecule has 2 heterocycles. The molecule has 0 saturated heterocycles. The van der Waals surface area contributed by atoms with Crippen molar-refractivity contribution in [3.05, 3.63) is 53.9 Å². The van der Waals surface area contributed by atoms with Gasteiger partial charge in [-0.25, -0.2) is 0 Å². The fraction of sp³-hybridized carbons (Fsp3) is 0.250. The number of ether oxygens (including phenoxy) is 1. The third kappa shape index (κ3) is 3.17. The highest BCUT2D eigenvalue weighted by atomic mass is 16.5. The van der Waals surface area contributed by atoms with Crippen LogP contribution in [0.1, 0.15) is 17.3 Å². The van der Waals surface area contributed by atoms with Gasteiger partial charge in [-0.2, -0.15) is 0 Å². The number of aromatic nitrogens is 1. The second-order valence-electron chi connectivity index (χ2n) is 5.07. The van der Waals surface area contributed by atoms with E-state index in [1.807, 2.05) is 24.3 Å². The van der Waals surface area contributed by atoms with Crippen molar-refractivity contribution in [2.75, 3.05) is 18.9 Å². The summed E-state index contributed by atoms with van der Waals surface area (Å²) in [5.74, 6) is 0.636. The lowest BCUT2D eigenvalue weighted by atomic mass is 10.1. The number of para-hydroxylation sites is 1. The third-order valence-corrected chi connectivity index (χ3v) is 3.48. The Morgan fingerprint density at radius 2 is 2.27 bits per heavy atom. The number of carbonyl (C=O) groups excluding carboxylic acids is 1. The zero-order valence-corrected chi connectivity index (χ0v) is 12.1. The average molecular weight is 298 g/mol. The van der Waals surface area contributed by atoms with E-state index >= 15 is 0 Å². The van der Waals surface area contributed by atoms with Crippen molar-refractivity contribution in [2.45, 2.75) is 12.6 Å². The number of nitrogens with two attached hydrogens (primary N) is 1. The number of nitrogens with one attached hydrogen (secondary N) is 2. The molecule has 0 fully saturated rings. The molecule has 1 amide bonds. The van der Waals surface area contributed by atoms with Gasteiger partial charge in [-0.05, 0) is 18.2 Å². The van der Waals surface area contributed by atoms with E-state index in [2.05, 4.69) is 15.6 Å². The largest absolute Gasteiger partial charge is 0.492 e.